The molecule has 0 spiro atoms. The Balaban J connectivity index is 3.66. The monoisotopic (exact) mass is 203 g/mol. The zero-order valence-electron chi connectivity index (χ0n) is 9.58. The molecular formula is C11H25NS. The second kappa shape index (κ2) is 7.69. The van der Waals surface area contributed by atoms with Crippen LogP contribution in [0.1, 0.15) is 33.6 Å². The second-order valence-electron chi connectivity index (χ2n) is 4.30. The Morgan fingerprint density at radius 3 is 2.31 bits per heavy atom. The quantitative estimate of drug-likeness (QED) is 0.623. The van der Waals surface area contributed by atoms with E-state index in [0.29, 0.717) is 0 Å². The maximum atomic E-state index is 4.39. The van der Waals surface area contributed by atoms with Crippen LogP contribution in [0.2, 0.25) is 0 Å². The van der Waals surface area contributed by atoms with E-state index >= 15 is 0 Å². The standard InChI is InChI=1S/C11H25NS/c1-5-6-7-12(4)8-11(9-13)10(2)3/h10-11,13H,5-9H2,1-4H3. The minimum Gasteiger partial charge on any atom is -0.306 e. The van der Waals surface area contributed by atoms with Crippen LogP contribution in [0.3, 0.4) is 0 Å². The lowest BCUT2D eigenvalue weighted by Gasteiger charge is -2.25. The van der Waals surface area contributed by atoms with Gasteiger partial charge in [-0.3, -0.25) is 0 Å². The fraction of sp³-hybridized carbons (Fsp3) is 1.00. The smallest absolute Gasteiger partial charge is 0.00169 e. The van der Waals surface area contributed by atoms with E-state index in [0.717, 1.165) is 17.6 Å². The molecule has 0 saturated carbocycles. The normalized spacial score (nSPS) is 14.1. The number of nitrogens with zero attached hydrogens (tertiary/aromatic N) is 1. The van der Waals surface area contributed by atoms with Gasteiger partial charge in [-0.2, -0.15) is 12.6 Å². The third kappa shape index (κ3) is 6.39. The van der Waals surface area contributed by atoms with E-state index in [9.17, 15) is 0 Å². The number of rotatable bonds is 7. The highest BCUT2D eigenvalue weighted by atomic mass is 32.1. The molecule has 0 aliphatic rings. The maximum absolute atomic E-state index is 4.39. The molecule has 0 amide bonds. The van der Waals surface area contributed by atoms with Gasteiger partial charge in [-0.15, -0.1) is 0 Å². The van der Waals surface area contributed by atoms with Crippen molar-refractivity contribution in [3.05, 3.63) is 0 Å². The lowest BCUT2D eigenvalue weighted by Crippen LogP contribution is -2.30. The molecule has 0 bridgehead atoms. The first-order chi connectivity index (χ1) is 6.11. The summed E-state index contributed by atoms with van der Waals surface area (Å²) >= 11 is 4.39. The zero-order chi connectivity index (χ0) is 10.3. The lowest BCUT2D eigenvalue weighted by atomic mass is 9.97. The van der Waals surface area contributed by atoms with Crippen molar-refractivity contribution in [1.29, 1.82) is 0 Å². The van der Waals surface area contributed by atoms with E-state index in [-0.39, 0.29) is 0 Å². The van der Waals surface area contributed by atoms with Gasteiger partial charge in [0, 0.05) is 6.54 Å². The Morgan fingerprint density at radius 2 is 1.92 bits per heavy atom. The Bertz CT molecular complexity index is 115. The summed E-state index contributed by atoms with van der Waals surface area (Å²) in [4.78, 5) is 2.43. The molecule has 0 radical (unpaired) electrons. The van der Waals surface area contributed by atoms with Crippen molar-refractivity contribution in [3.63, 3.8) is 0 Å². The zero-order valence-corrected chi connectivity index (χ0v) is 10.5. The third-order valence-electron chi connectivity index (χ3n) is 2.62. The van der Waals surface area contributed by atoms with Gasteiger partial charge in [-0.05, 0) is 37.6 Å². The number of hydrogen-bond acceptors (Lipinski definition) is 2. The summed E-state index contributed by atoms with van der Waals surface area (Å²) in [5, 5.41) is 0. The molecule has 0 aliphatic heterocycles. The Kier molecular flexibility index (Phi) is 7.87. The van der Waals surface area contributed by atoms with Crippen LogP contribution in [0, 0.1) is 11.8 Å². The van der Waals surface area contributed by atoms with Gasteiger partial charge in [0.25, 0.3) is 0 Å². The summed E-state index contributed by atoms with van der Waals surface area (Å²) in [5.41, 5.74) is 0. The predicted molar refractivity (Wildman–Crippen MR) is 64.6 cm³/mol. The molecule has 1 nitrogen and oxygen atoms in total. The van der Waals surface area contributed by atoms with E-state index in [4.69, 9.17) is 0 Å². The Morgan fingerprint density at radius 1 is 1.31 bits per heavy atom. The summed E-state index contributed by atoms with van der Waals surface area (Å²) in [6.45, 7) is 9.24. The van der Waals surface area contributed by atoms with Crippen LogP contribution in [0.25, 0.3) is 0 Å². The van der Waals surface area contributed by atoms with Crippen molar-refractivity contribution in [2.75, 3.05) is 25.9 Å². The topological polar surface area (TPSA) is 3.24 Å². The van der Waals surface area contributed by atoms with E-state index in [1.165, 1.54) is 25.9 Å². The second-order valence-corrected chi connectivity index (χ2v) is 4.67. The minimum atomic E-state index is 0.741. The Hall–Kier alpha value is 0.310. The van der Waals surface area contributed by atoms with Crippen LogP contribution in [0.5, 0.6) is 0 Å². The van der Waals surface area contributed by atoms with Gasteiger partial charge in [0.2, 0.25) is 0 Å². The first-order valence-corrected chi connectivity index (χ1v) is 6.04. The van der Waals surface area contributed by atoms with E-state index in [1.54, 1.807) is 0 Å². The molecule has 80 valence electrons. The molecule has 0 heterocycles. The molecule has 2 heteroatoms. The minimum absolute atomic E-state index is 0.741. The molecule has 0 aromatic carbocycles. The van der Waals surface area contributed by atoms with Gasteiger partial charge in [0.1, 0.15) is 0 Å². The highest BCUT2D eigenvalue weighted by Crippen LogP contribution is 2.13. The fourth-order valence-electron chi connectivity index (χ4n) is 1.40. The lowest BCUT2D eigenvalue weighted by molar-refractivity contribution is 0.250. The third-order valence-corrected chi connectivity index (χ3v) is 3.09. The van der Waals surface area contributed by atoms with Crippen LogP contribution >= 0.6 is 12.6 Å². The van der Waals surface area contributed by atoms with Crippen molar-refractivity contribution in [2.45, 2.75) is 33.6 Å². The average molecular weight is 203 g/mol. The summed E-state index contributed by atoms with van der Waals surface area (Å²) in [6.07, 6.45) is 2.60. The highest BCUT2D eigenvalue weighted by Gasteiger charge is 2.13. The summed E-state index contributed by atoms with van der Waals surface area (Å²) in [5.74, 6) is 2.50. The van der Waals surface area contributed by atoms with Crippen molar-refractivity contribution in [2.24, 2.45) is 11.8 Å². The molecule has 0 saturated heterocycles. The van der Waals surface area contributed by atoms with Gasteiger partial charge in [-0.1, -0.05) is 27.2 Å². The van der Waals surface area contributed by atoms with Crippen LogP contribution in [0.15, 0.2) is 0 Å². The molecule has 0 rings (SSSR count). The molecule has 0 aromatic heterocycles. The SMILES string of the molecule is CCCCN(C)CC(CS)C(C)C. The molecule has 0 aliphatic carbocycles. The first kappa shape index (κ1) is 13.3. The molecule has 0 fully saturated rings. The van der Waals surface area contributed by atoms with Crippen molar-refractivity contribution < 1.29 is 0 Å². The van der Waals surface area contributed by atoms with Crippen molar-refractivity contribution >= 4 is 12.6 Å². The van der Waals surface area contributed by atoms with Crippen molar-refractivity contribution in [3.8, 4) is 0 Å². The predicted octanol–water partition coefficient (Wildman–Crippen LogP) is 2.92. The summed E-state index contributed by atoms with van der Waals surface area (Å²) in [7, 11) is 2.22. The molecule has 1 unspecified atom stereocenters. The molecular weight excluding hydrogens is 178 g/mol. The van der Waals surface area contributed by atoms with Gasteiger partial charge in [0.15, 0.2) is 0 Å². The number of thiol groups is 1. The van der Waals surface area contributed by atoms with E-state index in [2.05, 4.69) is 45.3 Å². The van der Waals surface area contributed by atoms with Crippen LogP contribution < -0.4 is 0 Å². The van der Waals surface area contributed by atoms with Gasteiger partial charge >= 0.3 is 0 Å². The van der Waals surface area contributed by atoms with Crippen LogP contribution in [-0.2, 0) is 0 Å². The molecule has 13 heavy (non-hydrogen) atoms. The largest absolute Gasteiger partial charge is 0.306 e. The average Bonchev–Trinajstić information content (AvgIpc) is 2.10. The van der Waals surface area contributed by atoms with E-state index in [1.807, 2.05) is 0 Å². The number of unbranched alkanes of at least 4 members (excludes halogenated alkanes) is 1. The highest BCUT2D eigenvalue weighted by molar-refractivity contribution is 7.80. The van der Waals surface area contributed by atoms with Gasteiger partial charge < -0.3 is 4.90 Å². The fourth-order valence-corrected chi connectivity index (χ4v) is 1.94. The molecule has 0 N–H and O–H groups in total. The Labute approximate surface area is 89.3 Å². The van der Waals surface area contributed by atoms with Crippen molar-refractivity contribution in [1.82, 2.24) is 4.90 Å². The summed E-state index contributed by atoms with van der Waals surface area (Å²) in [6, 6.07) is 0. The van der Waals surface area contributed by atoms with Gasteiger partial charge in [0.05, 0.1) is 0 Å². The van der Waals surface area contributed by atoms with Crippen LogP contribution in [0.4, 0.5) is 0 Å². The van der Waals surface area contributed by atoms with E-state index < -0.39 is 0 Å². The summed E-state index contributed by atoms with van der Waals surface area (Å²) < 4.78 is 0. The number of hydrogen-bond donors (Lipinski definition) is 1. The first-order valence-electron chi connectivity index (χ1n) is 5.41. The molecule has 1 atom stereocenters. The van der Waals surface area contributed by atoms with Gasteiger partial charge in [-0.25, -0.2) is 0 Å². The maximum Gasteiger partial charge on any atom is 0.00169 e. The molecule has 0 aromatic rings. The van der Waals surface area contributed by atoms with Crippen LogP contribution in [-0.4, -0.2) is 30.8 Å².